The molecule has 61 heavy (non-hydrogen) atoms. The monoisotopic (exact) mass is 851 g/mol. The minimum atomic E-state index is -1.26. The van der Waals surface area contributed by atoms with Crippen LogP contribution in [0.5, 0.6) is 11.5 Å². The van der Waals surface area contributed by atoms with Crippen molar-refractivity contribution in [1.82, 2.24) is 5.32 Å². The van der Waals surface area contributed by atoms with Crippen molar-refractivity contribution in [1.29, 1.82) is 0 Å². The summed E-state index contributed by atoms with van der Waals surface area (Å²) < 4.78 is 45.5. The van der Waals surface area contributed by atoms with Crippen LogP contribution in [0.2, 0.25) is 0 Å². The predicted octanol–water partition coefficient (Wildman–Crippen LogP) is 4.05. The summed E-state index contributed by atoms with van der Waals surface area (Å²) in [5.74, 6) is -3.06. The Morgan fingerprint density at radius 1 is 0.803 bits per heavy atom. The van der Waals surface area contributed by atoms with E-state index < -0.39 is 78.6 Å². The van der Waals surface area contributed by atoms with Crippen LogP contribution in [-0.2, 0) is 53.2 Å². The standard InChI is InChI=1S/C44H55N2O15/c1-28(47)59-40-36(25-38(45)50)42(61-37(21-22-39(51)52)41(40)60-29(2)48)56-24-10-6-9-23-46-43(53)57-26-33(49)27-58-44(30-11-7-5-8-12-30,31-13-17-34(54-3)18-14-31)32-15-19-35(55-4)20-16-32/h5,7-8,11-21,33,36-37,40-42,49H,6,9-10,22-27H2,1-4H3,(H2,45,50)(H,46,53)(H,51,52)/t33-,36-,37-,40-,41-,42-/m1/s1. The fourth-order valence-corrected chi connectivity index (χ4v) is 6.97. The number of unbranched alkanes of at least 4 members (excludes halogenated alkanes) is 2. The summed E-state index contributed by atoms with van der Waals surface area (Å²) in [6, 6.07) is 24.5. The third-order valence-corrected chi connectivity index (χ3v) is 9.72. The molecule has 0 aromatic heterocycles. The Balaban J connectivity index is 1.30. The van der Waals surface area contributed by atoms with Crippen molar-refractivity contribution >= 4 is 29.9 Å². The van der Waals surface area contributed by atoms with E-state index in [-0.39, 0.29) is 32.8 Å². The van der Waals surface area contributed by atoms with Crippen LogP contribution in [0.25, 0.3) is 0 Å². The zero-order chi connectivity index (χ0) is 44.4. The average Bonchev–Trinajstić information content (AvgIpc) is 3.24. The number of hydrogen-bond acceptors (Lipinski definition) is 14. The zero-order valence-corrected chi connectivity index (χ0v) is 34.7. The first kappa shape index (κ1) is 47.9. The van der Waals surface area contributed by atoms with Gasteiger partial charge in [-0.3, -0.25) is 19.2 Å². The Hall–Kier alpha value is -5.75. The number of carbonyl (C=O) groups is 5. The van der Waals surface area contributed by atoms with E-state index in [9.17, 15) is 34.2 Å². The second-order valence-corrected chi connectivity index (χ2v) is 14.2. The second kappa shape index (κ2) is 23.9. The lowest BCUT2D eigenvalue weighted by Crippen LogP contribution is -2.58. The van der Waals surface area contributed by atoms with E-state index in [1.807, 2.05) is 78.9 Å². The minimum absolute atomic E-state index is 0.102. The molecule has 0 saturated carbocycles. The van der Waals surface area contributed by atoms with Gasteiger partial charge < -0.3 is 59.2 Å². The molecule has 4 rings (SSSR count). The van der Waals surface area contributed by atoms with Gasteiger partial charge >= 0.3 is 24.0 Å². The van der Waals surface area contributed by atoms with E-state index in [0.717, 1.165) is 30.5 Å². The highest BCUT2D eigenvalue weighted by Crippen LogP contribution is 2.42. The van der Waals surface area contributed by atoms with E-state index in [1.165, 1.54) is 6.42 Å². The van der Waals surface area contributed by atoms with Gasteiger partial charge in [0.1, 0.15) is 42.0 Å². The molecule has 17 nitrogen and oxygen atoms in total. The van der Waals surface area contributed by atoms with Crippen LogP contribution in [0.1, 0.15) is 62.6 Å². The molecule has 6 atom stereocenters. The number of alkyl carbamates (subject to hydrolysis) is 1. The van der Waals surface area contributed by atoms with E-state index >= 15 is 0 Å². The number of methoxy groups -OCH3 is 2. The van der Waals surface area contributed by atoms with Crippen LogP contribution >= 0.6 is 0 Å². The molecule has 5 N–H and O–H groups in total. The fourth-order valence-electron chi connectivity index (χ4n) is 6.97. The summed E-state index contributed by atoms with van der Waals surface area (Å²) in [5.41, 5.74) is 6.67. The Morgan fingerprint density at radius 3 is 1.92 bits per heavy atom. The number of primary amides is 1. The fraction of sp³-hybridized carbons (Fsp3) is 0.455. The smallest absolute Gasteiger partial charge is 0.407 e. The minimum Gasteiger partial charge on any atom is -0.497 e. The summed E-state index contributed by atoms with van der Waals surface area (Å²) in [7, 11) is 3.17. The Morgan fingerprint density at radius 2 is 1.38 bits per heavy atom. The zero-order valence-electron chi connectivity index (χ0n) is 34.7. The van der Waals surface area contributed by atoms with E-state index in [1.54, 1.807) is 14.2 Å². The third-order valence-electron chi connectivity index (χ3n) is 9.72. The van der Waals surface area contributed by atoms with E-state index in [2.05, 4.69) is 5.32 Å². The number of carboxylic acids is 1. The van der Waals surface area contributed by atoms with Crippen molar-refractivity contribution in [3.05, 3.63) is 102 Å². The largest absolute Gasteiger partial charge is 0.497 e. The Labute approximate surface area is 354 Å². The molecule has 0 bridgehead atoms. The van der Waals surface area contributed by atoms with Gasteiger partial charge in [-0.25, -0.2) is 4.79 Å². The number of aliphatic hydroxyl groups is 1. The lowest BCUT2D eigenvalue weighted by Gasteiger charge is -2.45. The van der Waals surface area contributed by atoms with E-state index in [4.69, 9.17) is 43.6 Å². The van der Waals surface area contributed by atoms with Crippen molar-refractivity contribution in [2.75, 3.05) is 40.6 Å². The van der Waals surface area contributed by atoms with Crippen molar-refractivity contribution in [3.8, 4) is 11.5 Å². The second-order valence-electron chi connectivity index (χ2n) is 14.2. The van der Waals surface area contributed by atoms with Gasteiger partial charge in [-0.15, -0.1) is 0 Å². The number of aliphatic carboxylic acids is 1. The number of nitrogens with two attached hydrogens (primary N) is 1. The van der Waals surface area contributed by atoms with Crippen LogP contribution in [0.15, 0.2) is 78.9 Å². The molecule has 1 aliphatic rings. The molecule has 2 amide bonds. The number of rotatable bonds is 24. The first-order valence-corrected chi connectivity index (χ1v) is 19.8. The van der Waals surface area contributed by atoms with Gasteiger partial charge in [0.15, 0.2) is 12.4 Å². The first-order valence-electron chi connectivity index (χ1n) is 19.8. The number of aliphatic hydroxyl groups excluding tert-OH is 1. The van der Waals surface area contributed by atoms with Crippen LogP contribution in [0.4, 0.5) is 4.79 Å². The lowest BCUT2D eigenvalue weighted by atomic mass is 9.80. The number of carboxylic acid groups (broad SMARTS) is 1. The summed E-state index contributed by atoms with van der Waals surface area (Å²) in [6.45, 7) is 2.07. The van der Waals surface area contributed by atoms with Crippen LogP contribution in [0, 0.1) is 12.3 Å². The molecule has 17 heteroatoms. The van der Waals surface area contributed by atoms with Gasteiger partial charge in [0.25, 0.3) is 0 Å². The average molecular weight is 852 g/mol. The maximum atomic E-state index is 12.6. The van der Waals surface area contributed by atoms with Crippen LogP contribution in [0.3, 0.4) is 0 Å². The Kier molecular flexibility index (Phi) is 18.8. The molecule has 1 aliphatic heterocycles. The SMILES string of the molecule is COc1ccc(C(OC[C@H](O)COC(=O)NCCCCCO[C@@H]2O[C@H]([CH]CC(=O)O)[C@@H](OC(C)=O)[C@H](OC(C)=O)[C@H]2CC(N)=O)(c2ccccc2)c2ccc(OC)cc2)cc1. The molecule has 331 valence electrons. The van der Waals surface area contributed by atoms with Gasteiger partial charge in [-0.2, -0.15) is 0 Å². The maximum absolute atomic E-state index is 12.6. The number of hydrogen-bond donors (Lipinski definition) is 4. The normalized spacial score (nSPS) is 19.2. The molecule has 0 spiro atoms. The number of amides is 2. The number of carbonyl (C=O) groups excluding carboxylic acids is 4. The van der Waals surface area contributed by atoms with Gasteiger partial charge in [-0.05, 0) is 60.2 Å². The van der Waals surface area contributed by atoms with Gasteiger partial charge in [0.2, 0.25) is 5.91 Å². The topological polar surface area (TPSA) is 238 Å². The Bertz CT molecular complexity index is 1810. The number of ether oxygens (including phenoxy) is 8. The molecular weight excluding hydrogens is 796 g/mol. The molecule has 0 aliphatic carbocycles. The number of benzene rings is 3. The molecule has 1 fully saturated rings. The summed E-state index contributed by atoms with van der Waals surface area (Å²) in [4.78, 5) is 59.9. The predicted molar refractivity (Wildman–Crippen MR) is 217 cm³/mol. The van der Waals surface area contributed by atoms with Crippen LogP contribution < -0.4 is 20.5 Å². The number of esters is 2. The molecule has 1 heterocycles. The molecular formula is C44H55N2O15. The maximum Gasteiger partial charge on any atom is 0.407 e. The van der Waals surface area contributed by atoms with Gasteiger partial charge in [0.05, 0.1) is 33.2 Å². The summed E-state index contributed by atoms with van der Waals surface area (Å²) in [6.07, 6.45) is -4.73. The molecule has 1 radical (unpaired) electrons. The lowest BCUT2D eigenvalue weighted by molar-refractivity contribution is -0.280. The van der Waals surface area contributed by atoms with Crippen molar-refractivity contribution in [3.63, 3.8) is 0 Å². The third kappa shape index (κ3) is 14.2. The quantitative estimate of drug-likeness (QED) is 0.0431. The van der Waals surface area contributed by atoms with Crippen molar-refractivity contribution in [2.24, 2.45) is 11.7 Å². The molecule has 3 aromatic carbocycles. The van der Waals surface area contributed by atoms with Gasteiger partial charge in [-0.1, -0.05) is 54.6 Å². The van der Waals surface area contributed by atoms with E-state index in [0.29, 0.717) is 30.8 Å². The number of nitrogens with one attached hydrogen (secondary N) is 1. The molecule has 1 saturated heterocycles. The van der Waals surface area contributed by atoms with Gasteiger partial charge in [0, 0.05) is 39.8 Å². The molecule has 3 aromatic rings. The highest BCUT2D eigenvalue weighted by atomic mass is 16.7. The first-order chi connectivity index (χ1) is 29.3. The highest BCUT2D eigenvalue weighted by molar-refractivity contribution is 5.74. The highest BCUT2D eigenvalue weighted by Gasteiger charge is 2.50. The van der Waals surface area contributed by atoms with Crippen molar-refractivity contribution < 1.29 is 72.1 Å². The van der Waals surface area contributed by atoms with Crippen molar-refractivity contribution in [2.45, 2.75) is 82.3 Å². The van der Waals surface area contributed by atoms with Crippen LogP contribution in [-0.4, -0.2) is 111 Å². The summed E-state index contributed by atoms with van der Waals surface area (Å²) >= 11 is 0. The molecule has 0 unspecified atom stereocenters. The summed E-state index contributed by atoms with van der Waals surface area (Å²) in [5, 5.41) is 22.9.